The zero-order valence-corrected chi connectivity index (χ0v) is 9.95. The van der Waals surface area contributed by atoms with Crippen molar-refractivity contribution in [1.82, 2.24) is 15.1 Å². The zero-order valence-electron chi connectivity index (χ0n) is 9.95. The molecule has 0 unspecified atom stereocenters. The molecule has 2 rings (SSSR count). The van der Waals surface area contributed by atoms with E-state index in [1.54, 1.807) is 0 Å². The van der Waals surface area contributed by atoms with E-state index in [-0.39, 0.29) is 12.1 Å². The molecule has 0 aliphatic heterocycles. The molecule has 0 bridgehead atoms. The minimum absolute atomic E-state index is 0.0334. The first-order chi connectivity index (χ1) is 7.78. The number of aliphatic hydroxyl groups is 1. The lowest BCUT2D eigenvalue weighted by molar-refractivity contribution is 0.163. The third-order valence-corrected chi connectivity index (χ3v) is 3.54. The predicted octanol–water partition coefficient (Wildman–Crippen LogP) is 1.30. The molecule has 0 saturated heterocycles. The molecule has 1 aromatic rings. The van der Waals surface area contributed by atoms with E-state index >= 15 is 0 Å². The fraction of sp³-hybridized carbons (Fsp3) is 0.750. The fourth-order valence-corrected chi connectivity index (χ4v) is 2.40. The molecule has 4 heteroatoms. The van der Waals surface area contributed by atoms with E-state index in [2.05, 4.69) is 23.5 Å². The van der Waals surface area contributed by atoms with Gasteiger partial charge >= 0.3 is 0 Å². The fourth-order valence-electron chi connectivity index (χ4n) is 2.40. The van der Waals surface area contributed by atoms with Gasteiger partial charge in [0.05, 0.1) is 12.8 Å². The summed E-state index contributed by atoms with van der Waals surface area (Å²) in [6.07, 6.45) is 8.59. The van der Waals surface area contributed by atoms with Gasteiger partial charge in [-0.1, -0.05) is 12.8 Å². The van der Waals surface area contributed by atoms with Gasteiger partial charge < -0.3 is 10.4 Å². The van der Waals surface area contributed by atoms with Crippen molar-refractivity contribution >= 4 is 0 Å². The van der Waals surface area contributed by atoms with E-state index in [1.807, 2.05) is 10.9 Å². The third kappa shape index (κ3) is 2.44. The van der Waals surface area contributed by atoms with E-state index < -0.39 is 0 Å². The highest BCUT2D eigenvalue weighted by atomic mass is 16.3. The van der Waals surface area contributed by atoms with Crippen LogP contribution in [-0.2, 0) is 13.1 Å². The van der Waals surface area contributed by atoms with Gasteiger partial charge in [0.25, 0.3) is 0 Å². The summed E-state index contributed by atoms with van der Waals surface area (Å²) in [7, 11) is 0. The third-order valence-electron chi connectivity index (χ3n) is 3.54. The van der Waals surface area contributed by atoms with Crippen molar-refractivity contribution in [3.8, 4) is 0 Å². The van der Waals surface area contributed by atoms with E-state index in [0.29, 0.717) is 0 Å². The first-order valence-corrected chi connectivity index (χ1v) is 6.15. The molecule has 1 fully saturated rings. The van der Waals surface area contributed by atoms with Crippen LogP contribution in [-0.4, -0.2) is 27.0 Å². The summed E-state index contributed by atoms with van der Waals surface area (Å²) in [4.78, 5) is 0. The topological polar surface area (TPSA) is 50.1 Å². The highest BCUT2D eigenvalue weighted by molar-refractivity contribution is 5.05. The van der Waals surface area contributed by atoms with Gasteiger partial charge in [-0.25, -0.2) is 0 Å². The van der Waals surface area contributed by atoms with Crippen LogP contribution in [0.5, 0.6) is 0 Å². The highest BCUT2D eigenvalue weighted by Crippen LogP contribution is 2.29. The first-order valence-electron chi connectivity index (χ1n) is 6.15. The molecule has 0 radical (unpaired) electrons. The number of hydrogen-bond donors (Lipinski definition) is 2. The van der Waals surface area contributed by atoms with Gasteiger partial charge in [0.15, 0.2) is 0 Å². The normalized spacial score (nSPS) is 19.1. The van der Waals surface area contributed by atoms with E-state index in [9.17, 15) is 5.11 Å². The summed E-state index contributed by atoms with van der Waals surface area (Å²) in [5.41, 5.74) is 1.16. The molecule has 0 atom stereocenters. The lowest BCUT2D eigenvalue weighted by atomic mass is 9.99. The molecule has 16 heavy (non-hydrogen) atoms. The van der Waals surface area contributed by atoms with Crippen molar-refractivity contribution in [1.29, 1.82) is 0 Å². The van der Waals surface area contributed by atoms with Crippen LogP contribution in [0.3, 0.4) is 0 Å². The molecule has 4 nitrogen and oxygen atoms in total. The maximum absolute atomic E-state index is 9.46. The molecule has 1 aliphatic carbocycles. The number of hydrogen-bond acceptors (Lipinski definition) is 3. The molecule has 1 aromatic heterocycles. The Labute approximate surface area is 96.7 Å². The zero-order chi connectivity index (χ0) is 11.4. The molecular formula is C12H21N3O. The molecule has 2 N–H and O–H groups in total. The number of aliphatic hydroxyl groups excluding tert-OH is 1. The summed E-state index contributed by atoms with van der Waals surface area (Å²) in [5, 5.41) is 17.2. The van der Waals surface area contributed by atoms with Crippen molar-refractivity contribution in [2.75, 3.05) is 6.61 Å². The van der Waals surface area contributed by atoms with Gasteiger partial charge in [-0.2, -0.15) is 5.10 Å². The smallest absolute Gasteiger partial charge is 0.0613 e. The largest absolute Gasteiger partial charge is 0.394 e. The molecule has 0 aromatic carbocycles. The quantitative estimate of drug-likeness (QED) is 0.791. The van der Waals surface area contributed by atoms with Crippen LogP contribution in [0.4, 0.5) is 0 Å². The summed E-state index contributed by atoms with van der Waals surface area (Å²) < 4.78 is 1.93. The summed E-state index contributed by atoms with van der Waals surface area (Å²) >= 11 is 0. The Kier molecular flexibility index (Phi) is 3.61. The maximum atomic E-state index is 9.46. The molecule has 1 aliphatic rings. The van der Waals surface area contributed by atoms with Gasteiger partial charge in [-0.05, 0) is 19.8 Å². The van der Waals surface area contributed by atoms with Crippen LogP contribution in [0.25, 0.3) is 0 Å². The summed E-state index contributed by atoms with van der Waals surface area (Å²) in [6, 6.07) is 0. The number of nitrogens with zero attached hydrogens (tertiary/aromatic N) is 2. The number of aryl methyl sites for hydroxylation is 1. The molecule has 90 valence electrons. The molecule has 0 amide bonds. The van der Waals surface area contributed by atoms with Gasteiger partial charge in [0.1, 0.15) is 0 Å². The molecule has 1 heterocycles. The number of rotatable bonds is 5. The van der Waals surface area contributed by atoms with Crippen molar-refractivity contribution in [3.05, 3.63) is 18.0 Å². The van der Waals surface area contributed by atoms with Gasteiger partial charge in [-0.3, -0.25) is 4.68 Å². The van der Waals surface area contributed by atoms with Crippen LogP contribution >= 0.6 is 0 Å². The lowest BCUT2D eigenvalue weighted by Crippen LogP contribution is -2.45. The second-order valence-corrected chi connectivity index (χ2v) is 4.70. The lowest BCUT2D eigenvalue weighted by Gasteiger charge is -2.27. The van der Waals surface area contributed by atoms with Crippen molar-refractivity contribution in [3.63, 3.8) is 0 Å². The SMILES string of the molecule is CCn1cc(CNC2(CO)CCCC2)cn1. The second-order valence-electron chi connectivity index (χ2n) is 4.70. The monoisotopic (exact) mass is 223 g/mol. The standard InChI is InChI=1S/C12H21N3O/c1-2-15-9-11(8-14-15)7-13-12(10-16)5-3-4-6-12/h8-9,13,16H,2-7,10H2,1H3. The van der Waals surface area contributed by atoms with Crippen LogP contribution in [0.1, 0.15) is 38.2 Å². The molecular weight excluding hydrogens is 202 g/mol. The van der Waals surface area contributed by atoms with Gasteiger partial charge in [0.2, 0.25) is 0 Å². The number of aromatic nitrogens is 2. The minimum Gasteiger partial charge on any atom is -0.394 e. The van der Waals surface area contributed by atoms with Crippen molar-refractivity contribution < 1.29 is 5.11 Å². The molecule has 1 saturated carbocycles. The van der Waals surface area contributed by atoms with Crippen molar-refractivity contribution in [2.24, 2.45) is 0 Å². The summed E-state index contributed by atoms with van der Waals surface area (Å²) in [5.74, 6) is 0. The Morgan fingerprint density at radius 3 is 2.81 bits per heavy atom. The van der Waals surface area contributed by atoms with E-state index in [0.717, 1.165) is 25.9 Å². The Bertz CT molecular complexity index is 329. The van der Waals surface area contributed by atoms with E-state index in [4.69, 9.17) is 0 Å². The Morgan fingerprint density at radius 1 is 1.50 bits per heavy atom. The Balaban J connectivity index is 1.90. The summed E-state index contributed by atoms with van der Waals surface area (Å²) in [6.45, 7) is 4.04. The van der Waals surface area contributed by atoms with Crippen LogP contribution in [0.15, 0.2) is 12.4 Å². The average molecular weight is 223 g/mol. The number of nitrogens with one attached hydrogen (secondary N) is 1. The van der Waals surface area contributed by atoms with Gasteiger partial charge in [-0.15, -0.1) is 0 Å². The Hall–Kier alpha value is -0.870. The Morgan fingerprint density at radius 2 is 2.25 bits per heavy atom. The van der Waals surface area contributed by atoms with Crippen LogP contribution in [0, 0.1) is 0 Å². The predicted molar refractivity (Wildman–Crippen MR) is 63.0 cm³/mol. The van der Waals surface area contributed by atoms with Crippen LogP contribution < -0.4 is 5.32 Å². The molecule has 0 spiro atoms. The van der Waals surface area contributed by atoms with Crippen LogP contribution in [0.2, 0.25) is 0 Å². The van der Waals surface area contributed by atoms with Gasteiger partial charge in [0, 0.05) is 30.4 Å². The van der Waals surface area contributed by atoms with E-state index in [1.165, 1.54) is 18.4 Å². The first kappa shape index (κ1) is 11.6. The minimum atomic E-state index is -0.0334. The average Bonchev–Trinajstić information content (AvgIpc) is 2.96. The second kappa shape index (κ2) is 4.97. The van der Waals surface area contributed by atoms with Crippen molar-refractivity contribution in [2.45, 2.75) is 51.2 Å². The maximum Gasteiger partial charge on any atom is 0.0613 e. The highest BCUT2D eigenvalue weighted by Gasteiger charge is 2.32.